The predicted molar refractivity (Wildman–Crippen MR) is 63.6 cm³/mol. The van der Waals surface area contributed by atoms with Gasteiger partial charge in [0, 0.05) is 17.1 Å². The molecule has 1 aromatic rings. The molecular weight excluding hydrogens is 270 g/mol. The van der Waals surface area contributed by atoms with E-state index < -0.39 is 0 Å². The van der Waals surface area contributed by atoms with Crippen LogP contribution in [0.5, 0.6) is 5.75 Å². The normalized spacial score (nSPS) is 19.8. The van der Waals surface area contributed by atoms with Gasteiger partial charge in [0.25, 0.3) is 5.91 Å². The minimum atomic E-state index is -0.00579. The highest BCUT2D eigenvalue weighted by Gasteiger charge is 2.37. The van der Waals surface area contributed by atoms with Crippen molar-refractivity contribution in [2.45, 2.75) is 25.3 Å². The Balaban J connectivity index is 2.05. The maximum absolute atomic E-state index is 12.2. The molecule has 84 valence electrons. The Morgan fingerprint density at radius 3 is 2.81 bits per heavy atom. The van der Waals surface area contributed by atoms with Crippen LogP contribution in [0.15, 0.2) is 16.6 Å². The fourth-order valence-electron chi connectivity index (χ4n) is 2.31. The first-order chi connectivity index (χ1) is 7.66. The van der Waals surface area contributed by atoms with Crippen molar-refractivity contribution >= 4 is 21.8 Å². The van der Waals surface area contributed by atoms with Gasteiger partial charge in [-0.1, -0.05) is 15.9 Å². The Morgan fingerprint density at radius 1 is 1.38 bits per heavy atom. The number of halogens is 1. The minimum Gasteiger partial charge on any atom is -0.507 e. The van der Waals surface area contributed by atoms with E-state index in [1.54, 1.807) is 6.07 Å². The van der Waals surface area contributed by atoms with Gasteiger partial charge in [-0.15, -0.1) is 0 Å². The van der Waals surface area contributed by atoms with Crippen LogP contribution in [0.2, 0.25) is 0 Å². The van der Waals surface area contributed by atoms with Crippen LogP contribution in [0.1, 0.15) is 28.8 Å². The van der Waals surface area contributed by atoms with Crippen LogP contribution in [0.3, 0.4) is 0 Å². The van der Waals surface area contributed by atoms with Crippen molar-refractivity contribution in [2.24, 2.45) is 0 Å². The summed E-state index contributed by atoms with van der Waals surface area (Å²) in [5, 5.41) is 9.85. The van der Waals surface area contributed by atoms with Crippen molar-refractivity contribution in [3.8, 4) is 5.75 Å². The number of hydrogen-bond donors (Lipinski definition) is 1. The summed E-state index contributed by atoms with van der Waals surface area (Å²) in [5.41, 5.74) is 1.45. The number of hydrogen-bond acceptors (Lipinski definition) is 2. The lowest BCUT2D eigenvalue weighted by molar-refractivity contribution is 0.0723. The average Bonchev–Trinajstić information content (AvgIpc) is 3.00. The number of fused-ring (bicyclic) bond motifs is 1. The molecule has 0 radical (unpaired) electrons. The lowest BCUT2D eigenvalue weighted by Gasteiger charge is -2.29. The highest BCUT2D eigenvalue weighted by atomic mass is 79.9. The first kappa shape index (κ1) is 10.1. The van der Waals surface area contributed by atoms with Gasteiger partial charge in [0.2, 0.25) is 0 Å². The molecule has 0 aromatic heterocycles. The van der Waals surface area contributed by atoms with Crippen molar-refractivity contribution in [1.29, 1.82) is 0 Å². The zero-order valence-corrected chi connectivity index (χ0v) is 10.3. The number of carbonyl (C=O) groups excluding carboxylic acids is 1. The van der Waals surface area contributed by atoms with Gasteiger partial charge in [0.15, 0.2) is 0 Å². The second-order valence-electron chi connectivity index (χ2n) is 4.44. The second-order valence-corrected chi connectivity index (χ2v) is 5.35. The van der Waals surface area contributed by atoms with E-state index in [4.69, 9.17) is 0 Å². The van der Waals surface area contributed by atoms with E-state index in [0.717, 1.165) is 35.8 Å². The summed E-state index contributed by atoms with van der Waals surface area (Å²) < 4.78 is 0.830. The number of benzene rings is 1. The first-order valence-corrected chi connectivity index (χ1v) is 6.28. The zero-order valence-electron chi connectivity index (χ0n) is 8.74. The van der Waals surface area contributed by atoms with Crippen molar-refractivity contribution < 1.29 is 9.90 Å². The molecule has 1 saturated carbocycles. The average molecular weight is 282 g/mol. The van der Waals surface area contributed by atoms with Crippen LogP contribution in [-0.2, 0) is 6.42 Å². The van der Waals surface area contributed by atoms with Gasteiger partial charge in [-0.05, 0) is 37.0 Å². The summed E-state index contributed by atoms with van der Waals surface area (Å²) in [5.74, 6) is 0.0912. The van der Waals surface area contributed by atoms with E-state index in [1.807, 2.05) is 11.0 Å². The van der Waals surface area contributed by atoms with Crippen LogP contribution in [-0.4, -0.2) is 28.5 Å². The molecule has 0 saturated heterocycles. The lowest BCUT2D eigenvalue weighted by atomic mass is 9.98. The van der Waals surface area contributed by atoms with Crippen LogP contribution >= 0.6 is 15.9 Å². The topological polar surface area (TPSA) is 40.5 Å². The van der Waals surface area contributed by atoms with Crippen LogP contribution in [0, 0.1) is 0 Å². The van der Waals surface area contributed by atoms with Gasteiger partial charge in [-0.3, -0.25) is 4.79 Å². The van der Waals surface area contributed by atoms with E-state index in [2.05, 4.69) is 15.9 Å². The monoisotopic (exact) mass is 281 g/mol. The molecule has 1 N–H and O–H groups in total. The van der Waals surface area contributed by atoms with Crippen molar-refractivity contribution in [3.05, 3.63) is 27.7 Å². The summed E-state index contributed by atoms with van der Waals surface area (Å²) >= 11 is 3.33. The van der Waals surface area contributed by atoms with Crippen LogP contribution < -0.4 is 0 Å². The Hall–Kier alpha value is -1.03. The summed E-state index contributed by atoms with van der Waals surface area (Å²) in [6.07, 6.45) is 3.06. The van der Waals surface area contributed by atoms with Gasteiger partial charge in [0.05, 0.1) is 5.56 Å². The van der Waals surface area contributed by atoms with E-state index >= 15 is 0 Å². The highest BCUT2D eigenvalue weighted by Crippen LogP contribution is 2.36. The van der Waals surface area contributed by atoms with E-state index in [9.17, 15) is 9.90 Å². The number of rotatable bonds is 1. The first-order valence-electron chi connectivity index (χ1n) is 5.49. The van der Waals surface area contributed by atoms with E-state index in [-0.39, 0.29) is 11.7 Å². The number of phenolic OH excluding ortho intramolecular Hbond substituents is 1. The van der Waals surface area contributed by atoms with E-state index in [0.29, 0.717) is 11.6 Å². The summed E-state index contributed by atoms with van der Waals surface area (Å²) in [6.45, 7) is 0.784. The maximum atomic E-state index is 12.2. The molecule has 3 rings (SSSR count). The molecule has 1 fully saturated rings. The molecule has 1 aliphatic carbocycles. The molecule has 2 aliphatic rings. The number of aromatic hydroxyl groups is 1. The lowest BCUT2D eigenvalue weighted by Crippen LogP contribution is -2.39. The third kappa shape index (κ3) is 1.52. The fraction of sp³-hybridized carbons (Fsp3) is 0.417. The van der Waals surface area contributed by atoms with E-state index in [1.165, 1.54) is 0 Å². The Kier molecular flexibility index (Phi) is 2.21. The third-order valence-corrected chi connectivity index (χ3v) is 3.71. The third-order valence-electron chi connectivity index (χ3n) is 3.25. The maximum Gasteiger partial charge on any atom is 0.258 e. The highest BCUT2D eigenvalue weighted by molar-refractivity contribution is 9.10. The Morgan fingerprint density at radius 2 is 2.12 bits per heavy atom. The molecule has 4 heteroatoms. The van der Waals surface area contributed by atoms with Crippen molar-refractivity contribution in [3.63, 3.8) is 0 Å². The molecule has 1 aromatic carbocycles. The van der Waals surface area contributed by atoms with Gasteiger partial charge >= 0.3 is 0 Å². The number of nitrogens with zero attached hydrogens (tertiary/aromatic N) is 1. The SMILES string of the molecule is O=C1c2c(O)cc(Br)cc2CCN1C1CC1. The molecule has 0 atom stereocenters. The van der Waals surface area contributed by atoms with Crippen LogP contribution in [0.4, 0.5) is 0 Å². The summed E-state index contributed by atoms with van der Waals surface area (Å²) in [6, 6.07) is 3.94. The van der Waals surface area contributed by atoms with Crippen LogP contribution in [0.25, 0.3) is 0 Å². The number of phenols is 1. The Labute approximate surface area is 102 Å². The molecule has 0 bridgehead atoms. The molecule has 0 spiro atoms. The molecule has 3 nitrogen and oxygen atoms in total. The summed E-state index contributed by atoms with van der Waals surface area (Å²) in [4.78, 5) is 14.1. The summed E-state index contributed by atoms with van der Waals surface area (Å²) in [7, 11) is 0. The van der Waals surface area contributed by atoms with Crippen molar-refractivity contribution in [2.75, 3.05) is 6.54 Å². The Bertz CT molecular complexity index is 468. The van der Waals surface area contributed by atoms with Gasteiger partial charge < -0.3 is 10.0 Å². The predicted octanol–water partition coefficient (Wildman–Crippen LogP) is 2.32. The number of carbonyl (C=O) groups is 1. The molecule has 16 heavy (non-hydrogen) atoms. The smallest absolute Gasteiger partial charge is 0.258 e. The largest absolute Gasteiger partial charge is 0.507 e. The zero-order chi connectivity index (χ0) is 11.3. The van der Waals surface area contributed by atoms with Gasteiger partial charge in [0.1, 0.15) is 5.75 Å². The molecule has 0 unspecified atom stereocenters. The quantitative estimate of drug-likeness (QED) is 0.858. The number of amides is 1. The molecule has 1 heterocycles. The minimum absolute atomic E-state index is 0.00579. The second kappa shape index (κ2) is 3.48. The molecule has 1 amide bonds. The molecular formula is C12H12BrNO2. The standard InChI is InChI=1S/C12H12BrNO2/c13-8-5-7-3-4-14(9-1-2-9)12(16)11(7)10(15)6-8/h5-6,9,15H,1-4H2. The van der Waals surface area contributed by atoms with Gasteiger partial charge in [-0.25, -0.2) is 0 Å². The molecule has 1 aliphatic heterocycles. The fourth-order valence-corrected chi connectivity index (χ4v) is 2.81. The van der Waals surface area contributed by atoms with Crippen molar-refractivity contribution in [1.82, 2.24) is 4.90 Å². The van der Waals surface area contributed by atoms with Gasteiger partial charge in [-0.2, -0.15) is 0 Å².